The zero-order valence-corrected chi connectivity index (χ0v) is 15.4. The highest BCUT2D eigenvalue weighted by molar-refractivity contribution is 5.93. The van der Waals surface area contributed by atoms with Gasteiger partial charge in [0, 0.05) is 0 Å². The van der Waals surface area contributed by atoms with Gasteiger partial charge in [0.15, 0.2) is 0 Å². The Morgan fingerprint density at radius 2 is 1.16 bits per heavy atom. The molecule has 140 valence electrons. The van der Waals surface area contributed by atoms with Crippen LogP contribution in [0, 0.1) is 11.8 Å². The standard InChI is InChI=1S/C18H26O4.CH2O2/c1-13(2)9-11-21-17(19)15-5-7-16(8-6-15)18(20)22-12-10-14(3)4;2-1-3/h5-8,13-14H,9-12H2,1-4H3;1H,(H,2,3). The van der Waals surface area contributed by atoms with Gasteiger partial charge in [-0.2, -0.15) is 0 Å². The van der Waals surface area contributed by atoms with Crippen LogP contribution in [-0.4, -0.2) is 36.7 Å². The van der Waals surface area contributed by atoms with Gasteiger partial charge in [-0.15, -0.1) is 0 Å². The number of esters is 2. The Morgan fingerprint density at radius 3 is 1.40 bits per heavy atom. The van der Waals surface area contributed by atoms with Crippen LogP contribution in [0.5, 0.6) is 0 Å². The Balaban J connectivity index is 0.00000178. The molecule has 0 saturated carbocycles. The second kappa shape index (κ2) is 13.0. The van der Waals surface area contributed by atoms with Crippen LogP contribution in [0.3, 0.4) is 0 Å². The molecule has 1 aromatic carbocycles. The SMILES string of the molecule is CC(C)CCOC(=O)c1ccc(C(=O)OCCC(C)C)cc1.O=CO. The Morgan fingerprint density at radius 1 is 0.880 bits per heavy atom. The predicted molar refractivity (Wildman–Crippen MR) is 94.6 cm³/mol. The lowest BCUT2D eigenvalue weighted by molar-refractivity contribution is -0.122. The molecule has 1 aromatic rings. The number of carbonyl (C=O) groups excluding carboxylic acids is 2. The van der Waals surface area contributed by atoms with Gasteiger partial charge in [-0.25, -0.2) is 9.59 Å². The van der Waals surface area contributed by atoms with Crippen LogP contribution in [0.1, 0.15) is 61.3 Å². The van der Waals surface area contributed by atoms with E-state index in [9.17, 15) is 9.59 Å². The summed E-state index contributed by atoms with van der Waals surface area (Å²) in [5, 5.41) is 6.89. The zero-order chi connectivity index (χ0) is 19.2. The van der Waals surface area contributed by atoms with Gasteiger partial charge in [-0.05, 0) is 48.9 Å². The summed E-state index contributed by atoms with van der Waals surface area (Å²) in [4.78, 5) is 32.0. The molecule has 0 bridgehead atoms. The van der Waals surface area contributed by atoms with Gasteiger partial charge < -0.3 is 14.6 Å². The molecule has 0 saturated heterocycles. The summed E-state index contributed by atoms with van der Waals surface area (Å²) in [6, 6.07) is 6.38. The van der Waals surface area contributed by atoms with Crippen molar-refractivity contribution in [2.24, 2.45) is 11.8 Å². The minimum absolute atomic E-state index is 0.250. The largest absolute Gasteiger partial charge is 0.483 e. The molecule has 0 radical (unpaired) electrons. The van der Waals surface area contributed by atoms with Gasteiger partial charge in [-0.3, -0.25) is 4.79 Å². The number of ether oxygens (including phenoxy) is 2. The number of carbonyl (C=O) groups is 3. The summed E-state index contributed by atoms with van der Waals surface area (Å²) >= 11 is 0. The van der Waals surface area contributed by atoms with Gasteiger partial charge in [0.05, 0.1) is 24.3 Å². The molecule has 0 spiro atoms. The van der Waals surface area contributed by atoms with Crippen molar-refractivity contribution >= 4 is 18.4 Å². The average Bonchev–Trinajstić information content (AvgIpc) is 2.55. The molecule has 6 heteroatoms. The predicted octanol–water partition coefficient (Wildman–Crippen LogP) is 3.79. The van der Waals surface area contributed by atoms with Crippen molar-refractivity contribution in [3.63, 3.8) is 0 Å². The fraction of sp³-hybridized carbons (Fsp3) is 0.526. The third-order valence-corrected chi connectivity index (χ3v) is 3.21. The molecule has 6 nitrogen and oxygen atoms in total. The normalized spacial score (nSPS) is 10.0. The van der Waals surface area contributed by atoms with E-state index in [4.69, 9.17) is 19.4 Å². The minimum atomic E-state index is -0.361. The summed E-state index contributed by atoms with van der Waals surface area (Å²) in [7, 11) is 0. The van der Waals surface area contributed by atoms with Crippen LogP contribution in [0.4, 0.5) is 0 Å². The minimum Gasteiger partial charge on any atom is -0.483 e. The van der Waals surface area contributed by atoms with Crippen LogP contribution in [-0.2, 0) is 14.3 Å². The van der Waals surface area contributed by atoms with Crippen LogP contribution < -0.4 is 0 Å². The molecule has 0 aliphatic rings. The lowest BCUT2D eigenvalue weighted by Crippen LogP contribution is -2.10. The van der Waals surface area contributed by atoms with Crippen molar-refractivity contribution in [2.75, 3.05) is 13.2 Å². The van der Waals surface area contributed by atoms with E-state index in [1.54, 1.807) is 24.3 Å². The van der Waals surface area contributed by atoms with Crippen molar-refractivity contribution in [1.29, 1.82) is 0 Å². The van der Waals surface area contributed by atoms with Crippen LogP contribution >= 0.6 is 0 Å². The molecule has 25 heavy (non-hydrogen) atoms. The molecule has 0 atom stereocenters. The monoisotopic (exact) mass is 352 g/mol. The molecular formula is C19H28O6. The second-order valence-electron chi connectivity index (χ2n) is 6.32. The number of hydrogen-bond donors (Lipinski definition) is 1. The van der Waals surface area contributed by atoms with E-state index in [0.29, 0.717) is 36.2 Å². The maximum Gasteiger partial charge on any atom is 0.338 e. The van der Waals surface area contributed by atoms with Crippen LogP contribution in [0.2, 0.25) is 0 Å². The first kappa shape index (κ1) is 22.6. The lowest BCUT2D eigenvalue weighted by atomic mass is 10.1. The van der Waals surface area contributed by atoms with Gasteiger partial charge >= 0.3 is 11.9 Å². The summed E-state index contributed by atoms with van der Waals surface area (Å²) in [5.74, 6) is 0.271. The Hall–Kier alpha value is -2.37. The van der Waals surface area contributed by atoms with Gasteiger partial charge in [0.25, 0.3) is 6.47 Å². The second-order valence-corrected chi connectivity index (χ2v) is 6.32. The molecule has 0 heterocycles. The molecule has 1 N–H and O–H groups in total. The molecule has 0 aliphatic carbocycles. The Bertz CT molecular complexity index is 474. The van der Waals surface area contributed by atoms with Gasteiger partial charge in [0.2, 0.25) is 0 Å². The fourth-order valence-electron chi connectivity index (χ4n) is 1.68. The topological polar surface area (TPSA) is 89.9 Å². The smallest absolute Gasteiger partial charge is 0.338 e. The molecule has 0 amide bonds. The van der Waals surface area contributed by atoms with E-state index >= 15 is 0 Å². The highest BCUT2D eigenvalue weighted by Crippen LogP contribution is 2.09. The van der Waals surface area contributed by atoms with E-state index in [1.165, 1.54) is 0 Å². The molecule has 1 rings (SSSR count). The quantitative estimate of drug-likeness (QED) is 0.565. The first-order chi connectivity index (χ1) is 11.8. The third kappa shape index (κ3) is 10.9. The van der Waals surface area contributed by atoms with Crippen molar-refractivity contribution in [1.82, 2.24) is 0 Å². The first-order valence-corrected chi connectivity index (χ1v) is 8.34. The third-order valence-electron chi connectivity index (χ3n) is 3.21. The van der Waals surface area contributed by atoms with E-state index in [2.05, 4.69) is 27.7 Å². The molecular weight excluding hydrogens is 324 g/mol. The summed E-state index contributed by atoms with van der Waals surface area (Å²) < 4.78 is 10.4. The van der Waals surface area contributed by atoms with Crippen molar-refractivity contribution in [2.45, 2.75) is 40.5 Å². The highest BCUT2D eigenvalue weighted by Gasteiger charge is 2.11. The maximum absolute atomic E-state index is 11.8. The number of carboxylic acid groups (broad SMARTS) is 1. The van der Waals surface area contributed by atoms with Crippen LogP contribution in [0.15, 0.2) is 24.3 Å². The molecule has 0 aliphatic heterocycles. The summed E-state index contributed by atoms with van der Waals surface area (Å²) in [6.45, 7) is 8.88. The zero-order valence-electron chi connectivity index (χ0n) is 15.4. The van der Waals surface area contributed by atoms with Crippen molar-refractivity contribution < 1.29 is 29.0 Å². The number of benzene rings is 1. The van der Waals surface area contributed by atoms with Crippen LogP contribution in [0.25, 0.3) is 0 Å². The first-order valence-electron chi connectivity index (χ1n) is 8.34. The van der Waals surface area contributed by atoms with E-state index in [-0.39, 0.29) is 18.4 Å². The van der Waals surface area contributed by atoms with E-state index in [1.807, 2.05) is 0 Å². The number of rotatable bonds is 8. The van der Waals surface area contributed by atoms with Gasteiger partial charge in [-0.1, -0.05) is 27.7 Å². The van der Waals surface area contributed by atoms with E-state index < -0.39 is 0 Å². The lowest BCUT2D eigenvalue weighted by Gasteiger charge is -2.08. The highest BCUT2D eigenvalue weighted by atomic mass is 16.5. The summed E-state index contributed by atoms with van der Waals surface area (Å²) in [6.07, 6.45) is 1.68. The Labute approximate surface area is 149 Å². The van der Waals surface area contributed by atoms with E-state index in [0.717, 1.165) is 12.8 Å². The molecule has 0 unspecified atom stereocenters. The van der Waals surface area contributed by atoms with Gasteiger partial charge in [0.1, 0.15) is 0 Å². The fourth-order valence-corrected chi connectivity index (χ4v) is 1.68. The Kier molecular flexibility index (Phi) is 11.8. The molecule has 0 aromatic heterocycles. The number of hydrogen-bond acceptors (Lipinski definition) is 5. The summed E-state index contributed by atoms with van der Waals surface area (Å²) in [5.41, 5.74) is 0.893. The van der Waals surface area contributed by atoms with Crippen molar-refractivity contribution in [3.8, 4) is 0 Å². The maximum atomic E-state index is 11.8. The average molecular weight is 352 g/mol. The van der Waals surface area contributed by atoms with Crippen molar-refractivity contribution in [3.05, 3.63) is 35.4 Å². The molecule has 0 fully saturated rings.